The Bertz CT molecular complexity index is 504. The number of ether oxygens (including phenoxy) is 1. The van der Waals surface area contributed by atoms with Crippen LogP contribution in [-0.4, -0.2) is 32.9 Å². The quantitative estimate of drug-likeness (QED) is 0.400. The largest absolute Gasteiger partial charge is 0.465 e. The number of hydrogen-bond acceptors (Lipinski definition) is 5. The second-order valence-corrected chi connectivity index (χ2v) is 10.2. The van der Waals surface area contributed by atoms with Gasteiger partial charge in [-0.25, -0.2) is 0 Å². The van der Waals surface area contributed by atoms with Crippen molar-refractivity contribution in [3.8, 4) is 0 Å². The topological polar surface area (TPSA) is 69.7 Å². The second kappa shape index (κ2) is 7.51. The molecule has 5 nitrogen and oxygen atoms in total. The van der Waals surface area contributed by atoms with Gasteiger partial charge in [0, 0.05) is 0 Å². The van der Waals surface area contributed by atoms with E-state index in [1.807, 2.05) is 20.8 Å². The minimum atomic E-state index is -3.39. The molecule has 1 aliphatic heterocycles. The molecule has 0 N–H and O–H groups in total. The Morgan fingerprint density at radius 2 is 1.87 bits per heavy atom. The van der Waals surface area contributed by atoms with Crippen LogP contribution in [0.15, 0.2) is 0 Å². The standard InChI is InChI=1S/C17H32O5S/c1-13(2)17(6,12-16(3,4)5)15(18)21-10-7-8-14-9-11-22-23(14,19)20/h13-14H,7-12H2,1-6H3. The van der Waals surface area contributed by atoms with Crippen molar-refractivity contribution in [2.24, 2.45) is 16.7 Å². The van der Waals surface area contributed by atoms with Gasteiger partial charge >= 0.3 is 5.97 Å². The van der Waals surface area contributed by atoms with Crippen LogP contribution in [0.25, 0.3) is 0 Å². The van der Waals surface area contributed by atoms with Crippen molar-refractivity contribution in [2.75, 3.05) is 13.2 Å². The summed E-state index contributed by atoms with van der Waals surface area (Å²) in [6.07, 6.45) is 2.31. The maximum absolute atomic E-state index is 12.5. The summed E-state index contributed by atoms with van der Waals surface area (Å²) < 4.78 is 33.3. The summed E-state index contributed by atoms with van der Waals surface area (Å²) in [5.41, 5.74) is -0.492. The summed E-state index contributed by atoms with van der Waals surface area (Å²) in [5.74, 6) is -0.00853. The summed E-state index contributed by atoms with van der Waals surface area (Å²) in [6, 6.07) is 0. The first-order chi connectivity index (χ1) is 10.4. The molecule has 0 bridgehead atoms. The van der Waals surface area contributed by atoms with Gasteiger partial charge in [0.1, 0.15) is 0 Å². The molecule has 0 amide bonds. The third-order valence-corrected chi connectivity index (χ3v) is 6.42. The Balaban J connectivity index is 2.50. The van der Waals surface area contributed by atoms with Gasteiger partial charge in [-0.1, -0.05) is 34.6 Å². The number of carbonyl (C=O) groups is 1. The van der Waals surface area contributed by atoms with Crippen molar-refractivity contribution >= 4 is 16.1 Å². The molecule has 0 aromatic carbocycles. The van der Waals surface area contributed by atoms with E-state index in [-0.39, 0.29) is 30.5 Å². The van der Waals surface area contributed by atoms with Crippen LogP contribution in [0.1, 0.15) is 67.2 Å². The van der Waals surface area contributed by atoms with Gasteiger partial charge in [-0.2, -0.15) is 8.42 Å². The van der Waals surface area contributed by atoms with Gasteiger partial charge < -0.3 is 4.74 Å². The normalized spacial score (nSPS) is 23.7. The molecule has 0 aromatic heterocycles. The van der Waals surface area contributed by atoms with Gasteiger partial charge in [0.25, 0.3) is 10.1 Å². The zero-order chi connectivity index (χ0) is 17.9. The summed E-state index contributed by atoms with van der Waals surface area (Å²) in [5, 5.41) is -0.452. The first kappa shape index (κ1) is 20.4. The maximum atomic E-state index is 12.5. The number of carbonyl (C=O) groups excluding carboxylic acids is 1. The lowest BCUT2D eigenvalue weighted by atomic mass is 9.69. The monoisotopic (exact) mass is 348 g/mol. The van der Waals surface area contributed by atoms with Crippen LogP contribution < -0.4 is 0 Å². The predicted octanol–water partition coefficient (Wildman–Crippen LogP) is 3.53. The van der Waals surface area contributed by atoms with Crippen LogP contribution in [0.3, 0.4) is 0 Å². The zero-order valence-electron chi connectivity index (χ0n) is 15.3. The van der Waals surface area contributed by atoms with Crippen molar-refractivity contribution in [1.82, 2.24) is 0 Å². The number of esters is 1. The van der Waals surface area contributed by atoms with Gasteiger partial charge in [0.2, 0.25) is 0 Å². The molecule has 1 heterocycles. The van der Waals surface area contributed by atoms with Crippen LogP contribution in [0.2, 0.25) is 0 Å². The third-order valence-electron chi connectivity index (χ3n) is 4.64. The van der Waals surface area contributed by atoms with E-state index < -0.39 is 20.8 Å². The second-order valence-electron chi connectivity index (χ2n) is 8.31. The lowest BCUT2D eigenvalue weighted by Gasteiger charge is -2.36. The molecule has 2 atom stereocenters. The number of hydrogen-bond donors (Lipinski definition) is 0. The Morgan fingerprint density at radius 1 is 1.26 bits per heavy atom. The minimum absolute atomic E-state index is 0.0350. The lowest BCUT2D eigenvalue weighted by molar-refractivity contribution is -0.160. The van der Waals surface area contributed by atoms with E-state index >= 15 is 0 Å². The first-order valence-corrected chi connectivity index (χ1v) is 9.91. The Morgan fingerprint density at radius 3 is 2.30 bits per heavy atom. The van der Waals surface area contributed by atoms with E-state index in [0.29, 0.717) is 19.3 Å². The molecule has 0 spiro atoms. The molecule has 0 aromatic rings. The molecule has 0 radical (unpaired) electrons. The highest BCUT2D eigenvalue weighted by atomic mass is 32.2. The van der Waals surface area contributed by atoms with Gasteiger partial charge in [0.15, 0.2) is 0 Å². The summed E-state index contributed by atoms with van der Waals surface area (Å²) in [7, 11) is -3.39. The predicted molar refractivity (Wildman–Crippen MR) is 90.5 cm³/mol. The Kier molecular flexibility index (Phi) is 6.67. The SMILES string of the molecule is CC(C)C(C)(CC(C)(C)C)C(=O)OCCCC1CCOS1(=O)=O. The van der Waals surface area contributed by atoms with Crippen molar-refractivity contribution in [3.63, 3.8) is 0 Å². The molecular formula is C17H32O5S. The third kappa shape index (κ3) is 5.75. The maximum Gasteiger partial charge on any atom is 0.312 e. The molecule has 1 aliphatic rings. The van der Waals surface area contributed by atoms with E-state index in [2.05, 4.69) is 20.8 Å². The highest BCUT2D eigenvalue weighted by molar-refractivity contribution is 7.87. The molecule has 23 heavy (non-hydrogen) atoms. The minimum Gasteiger partial charge on any atom is -0.465 e. The van der Waals surface area contributed by atoms with Crippen molar-refractivity contribution in [2.45, 2.75) is 72.5 Å². The molecule has 136 valence electrons. The average molecular weight is 349 g/mol. The van der Waals surface area contributed by atoms with E-state index in [1.54, 1.807) is 0 Å². The fourth-order valence-corrected chi connectivity index (χ4v) is 4.44. The number of rotatable bonds is 7. The van der Waals surface area contributed by atoms with Crippen LogP contribution in [0.4, 0.5) is 0 Å². The molecular weight excluding hydrogens is 316 g/mol. The van der Waals surface area contributed by atoms with E-state index in [0.717, 1.165) is 6.42 Å². The molecule has 2 unspecified atom stereocenters. The lowest BCUT2D eigenvalue weighted by Crippen LogP contribution is -2.38. The van der Waals surface area contributed by atoms with Gasteiger partial charge in [-0.05, 0) is 43.9 Å². The highest BCUT2D eigenvalue weighted by Crippen LogP contribution is 2.40. The zero-order valence-corrected chi connectivity index (χ0v) is 16.2. The van der Waals surface area contributed by atoms with Crippen molar-refractivity contribution in [1.29, 1.82) is 0 Å². The average Bonchev–Trinajstić information content (AvgIpc) is 2.71. The van der Waals surface area contributed by atoms with Crippen LogP contribution in [0.5, 0.6) is 0 Å². The molecule has 6 heteroatoms. The molecule has 1 saturated heterocycles. The summed E-state index contributed by atoms with van der Waals surface area (Å²) in [4.78, 5) is 12.5. The molecule has 1 fully saturated rings. The summed E-state index contributed by atoms with van der Waals surface area (Å²) >= 11 is 0. The van der Waals surface area contributed by atoms with E-state index in [9.17, 15) is 13.2 Å². The van der Waals surface area contributed by atoms with Crippen LogP contribution in [-0.2, 0) is 23.8 Å². The highest BCUT2D eigenvalue weighted by Gasteiger charge is 2.41. The van der Waals surface area contributed by atoms with E-state index in [1.165, 1.54) is 0 Å². The summed E-state index contributed by atoms with van der Waals surface area (Å²) in [6.45, 7) is 12.9. The Hall–Kier alpha value is -0.620. The molecule has 1 rings (SSSR count). The smallest absolute Gasteiger partial charge is 0.312 e. The molecule has 0 aliphatic carbocycles. The van der Waals surface area contributed by atoms with Crippen LogP contribution >= 0.6 is 0 Å². The van der Waals surface area contributed by atoms with E-state index in [4.69, 9.17) is 8.92 Å². The van der Waals surface area contributed by atoms with Gasteiger partial charge in [-0.15, -0.1) is 0 Å². The fraction of sp³-hybridized carbons (Fsp3) is 0.941. The van der Waals surface area contributed by atoms with Crippen molar-refractivity contribution in [3.05, 3.63) is 0 Å². The fourth-order valence-electron chi connectivity index (χ4n) is 3.08. The molecule has 0 saturated carbocycles. The first-order valence-electron chi connectivity index (χ1n) is 8.44. The van der Waals surface area contributed by atoms with Gasteiger partial charge in [-0.3, -0.25) is 8.98 Å². The van der Waals surface area contributed by atoms with Gasteiger partial charge in [0.05, 0.1) is 23.9 Å². The Labute approximate surface area is 141 Å². The van der Waals surface area contributed by atoms with Crippen molar-refractivity contribution < 1.29 is 22.1 Å². The van der Waals surface area contributed by atoms with Crippen LogP contribution in [0, 0.1) is 16.7 Å².